The van der Waals surface area contributed by atoms with Gasteiger partial charge in [-0.1, -0.05) is 72.8 Å². The first-order valence-electron chi connectivity index (χ1n) is 11.2. The molecule has 0 radical (unpaired) electrons. The van der Waals surface area contributed by atoms with Crippen molar-refractivity contribution in [1.82, 2.24) is 0 Å². The van der Waals surface area contributed by atoms with Gasteiger partial charge in [0.15, 0.2) is 18.1 Å². The highest BCUT2D eigenvalue weighted by atomic mass is 16.5. The largest absolute Gasteiger partial charge is 0.493 e. The van der Waals surface area contributed by atoms with Crippen molar-refractivity contribution >= 4 is 23.2 Å². The average molecular weight is 467 g/mol. The lowest BCUT2D eigenvalue weighted by molar-refractivity contribution is -0.118. The van der Waals surface area contributed by atoms with E-state index >= 15 is 0 Å². The summed E-state index contributed by atoms with van der Waals surface area (Å²) in [5, 5.41) is 5.66. The minimum Gasteiger partial charge on any atom is -0.493 e. The number of amides is 2. The van der Waals surface area contributed by atoms with E-state index in [9.17, 15) is 9.59 Å². The van der Waals surface area contributed by atoms with Crippen LogP contribution < -0.4 is 20.1 Å². The average Bonchev–Trinajstić information content (AvgIpc) is 2.89. The number of methoxy groups -OCH3 is 1. The zero-order valence-corrected chi connectivity index (χ0v) is 19.4. The van der Waals surface area contributed by atoms with Gasteiger partial charge in [0.1, 0.15) is 0 Å². The summed E-state index contributed by atoms with van der Waals surface area (Å²) in [7, 11) is 1.54. The van der Waals surface area contributed by atoms with Crippen LogP contribution in [0.3, 0.4) is 0 Å². The molecule has 4 aromatic carbocycles. The molecule has 0 bridgehead atoms. The van der Waals surface area contributed by atoms with Gasteiger partial charge in [-0.25, -0.2) is 0 Å². The molecule has 0 spiro atoms. The monoisotopic (exact) mass is 466 g/mol. The van der Waals surface area contributed by atoms with Gasteiger partial charge in [0.2, 0.25) is 5.91 Å². The van der Waals surface area contributed by atoms with Gasteiger partial charge in [-0.3, -0.25) is 9.59 Å². The normalized spacial score (nSPS) is 10.3. The highest BCUT2D eigenvalue weighted by Gasteiger charge is 2.09. The standard InChI is InChI=1S/C29H26N2O4/c1-34-26-12-5-6-13-27(26)35-20-29(33)31-25-11-7-10-24(19-25)30-28(32)18-21-14-16-23(17-15-21)22-8-3-2-4-9-22/h2-17,19H,18,20H2,1H3,(H,30,32)(H,31,33). The van der Waals surface area contributed by atoms with Crippen molar-refractivity contribution in [3.63, 3.8) is 0 Å². The quantitative estimate of drug-likeness (QED) is 0.339. The van der Waals surface area contributed by atoms with Crippen LogP contribution >= 0.6 is 0 Å². The molecule has 4 aromatic rings. The smallest absolute Gasteiger partial charge is 0.262 e. The number of hydrogen-bond donors (Lipinski definition) is 2. The Morgan fingerprint density at radius 1 is 0.657 bits per heavy atom. The topological polar surface area (TPSA) is 76.7 Å². The van der Waals surface area contributed by atoms with Crippen molar-refractivity contribution in [1.29, 1.82) is 0 Å². The van der Waals surface area contributed by atoms with E-state index in [1.54, 1.807) is 49.6 Å². The summed E-state index contributed by atoms with van der Waals surface area (Å²) in [6.45, 7) is -0.171. The maximum Gasteiger partial charge on any atom is 0.262 e. The maximum atomic E-state index is 12.6. The molecular formula is C29H26N2O4. The second-order valence-electron chi connectivity index (χ2n) is 7.86. The van der Waals surface area contributed by atoms with Gasteiger partial charge in [-0.2, -0.15) is 0 Å². The fourth-order valence-electron chi connectivity index (χ4n) is 3.59. The summed E-state index contributed by atoms with van der Waals surface area (Å²) in [5.41, 5.74) is 4.31. The van der Waals surface area contributed by atoms with Gasteiger partial charge in [0.05, 0.1) is 13.5 Å². The van der Waals surface area contributed by atoms with Crippen molar-refractivity contribution in [2.45, 2.75) is 6.42 Å². The van der Waals surface area contributed by atoms with E-state index in [1.807, 2.05) is 48.5 Å². The number of anilines is 2. The first-order chi connectivity index (χ1) is 17.1. The summed E-state index contributed by atoms with van der Waals surface area (Å²) in [6, 6.07) is 32.2. The number of rotatable bonds is 9. The van der Waals surface area contributed by atoms with E-state index in [0.29, 0.717) is 22.9 Å². The Morgan fingerprint density at radius 2 is 1.26 bits per heavy atom. The van der Waals surface area contributed by atoms with E-state index < -0.39 is 0 Å². The molecule has 0 aromatic heterocycles. The van der Waals surface area contributed by atoms with Crippen LogP contribution in [0.2, 0.25) is 0 Å². The van der Waals surface area contributed by atoms with Gasteiger partial charge in [-0.05, 0) is 47.0 Å². The Bertz CT molecular complexity index is 1290. The lowest BCUT2D eigenvalue weighted by Crippen LogP contribution is -2.20. The molecule has 0 heterocycles. The number of benzene rings is 4. The summed E-state index contributed by atoms with van der Waals surface area (Å²) in [6.07, 6.45) is 0.248. The first kappa shape index (κ1) is 23.6. The number of carbonyl (C=O) groups is 2. The molecule has 2 N–H and O–H groups in total. The third-order valence-electron chi connectivity index (χ3n) is 5.28. The van der Waals surface area contributed by atoms with E-state index in [2.05, 4.69) is 22.8 Å². The Morgan fingerprint density at radius 3 is 1.94 bits per heavy atom. The van der Waals surface area contributed by atoms with Crippen molar-refractivity contribution < 1.29 is 19.1 Å². The van der Waals surface area contributed by atoms with E-state index in [-0.39, 0.29) is 24.8 Å². The highest BCUT2D eigenvalue weighted by molar-refractivity contribution is 5.95. The van der Waals surface area contributed by atoms with Gasteiger partial charge >= 0.3 is 0 Å². The summed E-state index contributed by atoms with van der Waals surface area (Å²) in [4.78, 5) is 24.9. The lowest BCUT2D eigenvalue weighted by Gasteiger charge is -2.11. The molecule has 4 rings (SSSR count). The van der Waals surface area contributed by atoms with Crippen molar-refractivity contribution in [2.24, 2.45) is 0 Å². The molecule has 0 saturated carbocycles. The Labute approximate surface area is 204 Å². The lowest BCUT2D eigenvalue weighted by atomic mass is 10.0. The van der Waals surface area contributed by atoms with Crippen molar-refractivity contribution in [2.75, 3.05) is 24.4 Å². The van der Waals surface area contributed by atoms with Crippen LogP contribution in [0.1, 0.15) is 5.56 Å². The van der Waals surface area contributed by atoms with Gasteiger partial charge in [0.25, 0.3) is 5.91 Å². The molecule has 35 heavy (non-hydrogen) atoms. The van der Waals surface area contributed by atoms with E-state index in [1.165, 1.54) is 0 Å². The highest BCUT2D eigenvalue weighted by Crippen LogP contribution is 2.26. The zero-order valence-electron chi connectivity index (χ0n) is 19.4. The van der Waals surface area contributed by atoms with Crippen LogP contribution in [0.25, 0.3) is 11.1 Å². The minimum atomic E-state index is -0.321. The molecule has 6 heteroatoms. The van der Waals surface area contributed by atoms with Crippen LogP contribution in [-0.2, 0) is 16.0 Å². The van der Waals surface area contributed by atoms with Gasteiger partial charge in [-0.15, -0.1) is 0 Å². The van der Waals surface area contributed by atoms with E-state index in [4.69, 9.17) is 9.47 Å². The fraction of sp³-hybridized carbons (Fsp3) is 0.103. The molecule has 0 aliphatic heterocycles. The molecule has 0 fully saturated rings. The molecule has 0 saturated heterocycles. The van der Waals surface area contributed by atoms with Crippen LogP contribution in [0, 0.1) is 0 Å². The zero-order chi connectivity index (χ0) is 24.5. The molecule has 176 valence electrons. The fourth-order valence-corrected chi connectivity index (χ4v) is 3.59. The number of carbonyl (C=O) groups excluding carboxylic acids is 2. The van der Waals surface area contributed by atoms with Crippen LogP contribution in [0.5, 0.6) is 11.5 Å². The second kappa shape index (κ2) is 11.5. The number of para-hydroxylation sites is 2. The molecule has 6 nitrogen and oxygen atoms in total. The van der Waals surface area contributed by atoms with Crippen LogP contribution in [-0.4, -0.2) is 25.5 Å². The summed E-state index contributed by atoms with van der Waals surface area (Å²) < 4.78 is 10.8. The molecule has 2 amide bonds. The number of hydrogen-bond acceptors (Lipinski definition) is 4. The number of ether oxygens (including phenoxy) is 2. The predicted molar refractivity (Wildman–Crippen MR) is 138 cm³/mol. The maximum absolute atomic E-state index is 12.6. The minimum absolute atomic E-state index is 0.138. The van der Waals surface area contributed by atoms with Crippen LogP contribution in [0.15, 0.2) is 103 Å². The predicted octanol–water partition coefficient (Wildman–Crippen LogP) is 5.56. The van der Waals surface area contributed by atoms with Crippen molar-refractivity contribution in [3.8, 4) is 22.6 Å². The number of nitrogens with one attached hydrogen (secondary N) is 2. The van der Waals surface area contributed by atoms with Crippen LogP contribution in [0.4, 0.5) is 11.4 Å². The Kier molecular flexibility index (Phi) is 7.76. The third kappa shape index (κ3) is 6.71. The second-order valence-corrected chi connectivity index (χ2v) is 7.86. The Hall–Kier alpha value is -4.58. The SMILES string of the molecule is COc1ccccc1OCC(=O)Nc1cccc(NC(=O)Cc2ccc(-c3ccccc3)cc2)c1. The first-order valence-corrected chi connectivity index (χ1v) is 11.2. The molecule has 0 aliphatic carbocycles. The van der Waals surface area contributed by atoms with E-state index in [0.717, 1.165) is 16.7 Å². The third-order valence-corrected chi connectivity index (χ3v) is 5.28. The molecule has 0 unspecified atom stereocenters. The van der Waals surface area contributed by atoms with Gasteiger partial charge in [0, 0.05) is 11.4 Å². The summed E-state index contributed by atoms with van der Waals surface area (Å²) >= 11 is 0. The summed E-state index contributed by atoms with van der Waals surface area (Å²) in [5.74, 6) is 0.584. The molecule has 0 atom stereocenters. The van der Waals surface area contributed by atoms with Crippen molar-refractivity contribution in [3.05, 3.63) is 109 Å². The van der Waals surface area contributed by atoms with Gasteiger partial charge < -0.3 is 20.1 Å². The molecule has 0 aliphatic rings. The Balaban J connectivity index is 1.30. The molecular weight excluding hydrogens is 440 g/mol.